The smallest absolute Gasteiger partial charge is 0.387 e. The summed E-state index contributed by atoms with van der Waals surface area (Å²) in [5.41, 5.74) is 2.17. The lowest BCUT2D eigenvalue weighted by atomic mass is 10.2. The van der Waals surface area contributed by atoms with Gasteiger partial charge in [0, 0.05) is 18.5 Å². The summed E-state index contributed by atoms with van der Waals surface area (Å²) in [7, 11) is 0. The number of para-hydroxylation sites is 2. The SMILES string of the molecule is O=C(CCc1nc2ccccc2[nH]1)Nc1ccc(OC(F)F)c(Cl)c1. The van der Waals surface area contributed by atoms with E-state index in [2.05, 4.69) is 20.0 Å². The number of rotatable bonds is 6. The van der Waals surface area contributed by atoms with Gasteiger partial charge in [-0.15, -0.1) is 0 Å². The number of amides is 1. The molecule has 130 valence electrons. The first-order chi connectivity index (χ1) is 12.0. The summed E-state index contributed by atoms with van der Waals surface area (Å²) in [6, 6.07) is 11.7. The Morgan fingerprint density at radius 1 is 1.28 bits per heavy atom. The Morgan fingerprint density at radius 2 is 2.08 bits per heavy atom. The molecule has 1 amide bonds. The number of aromatic nitrogens is 2. The molecule has 0 fully saturated rings. The van der Waals surface area contributed by atoms with Crippen LogP contribution in [-0.2, 0) is 11.2 Å². The zero-order valence-corrected chi connectivity index (χ0v) is 13.7. The summed E-state index contributed by atoms with van der Waals surface area (Å²) in [5.74, 6) is 0.339. The molecule has 0 aliphatic carbocycles. The average Bonchev–Trinajstić information content (AvgIpc) is 2.98. The highest BCUT2D eigenvalue weighted by Gasteiger charge is 2.11. The van der Waals surface area contributed by atoms with Crippen LogP contribution in [0.5, 0.6) is 5.75 Å². The second-order valence-corrected chi connectivity index (χ2v) is 5.68. The number of aryl methyl sites for hydroxylation is 1. The number of halogens is 3. The van der Waals surface area contributed by atoms with Crippen molar-refractivity contribution in [1.29, 1.82) is 0 Å². The molecular formula is C17H14ClF2N3O2. The summed E-state index contributed by atoms with van der Waals surface area (Å²) in [6.45, 7) is -2.96. The van der Waals surface area contributed by atoms with Crippen LogP contribution < -0.4 is 10.1 Å². The van der Waals surface area contributed by atoms with Crippen LogP contribution in [0.2, 0.25) is 5.02 Å². The number of fused-ring (bicyclic) bond motifs is 1. The monoisotopic (exact) mass is 365 g/mol. The number of carbonyl (C=O) groups is 1. The zero-order chi connectivity index (χ0) is 17.8. The Balaban J connectivity index is 1.57. The van der Waals surface area contributed by atoms with Crippen molar-refractivity contribution in [3.8, 4) is 5.75 Å². The maximum atomic E-state index is 12.2. The van der Waals surface area contributed by atoms with Crippen LogP contribution in [0.25, 0.3) is 11.0 Å². The van der Waals surface area contributed by atoms with E-state index in [9.17, 15) is 13.6 Å². The van der Waals surface area contributed by atoms with E-state index >= 15 is 0 Å². The minimum absolute atomic E-state index is 0.00427. The van der Waals surface area contributed by atoms with Gasteiger partial charge < -0.3 is 15.0 Å². The average molecular weight is 366 g/mol. The van der Waals surface area contributed by atoms with Crippen LogP contribution in [0.3, 0.4) is 0 Å². The van der Waals surface area contributed by atoms with E-state index < -0.39 is 6.61 Å². The lowest BCUT2D eigenvalue weighted by molar-refractivity contribution is -0.116. The predicted octanol–water partition coefficient (Wildman–Crippen LogP) is 4.39. The van der Waals surface area contributed by atoms with Crippen LogP contribution in [0.1, 0.15) is 12.2 Å². The molecule has 2 N–H and O–H groups in total. The molecule has 0 unspecified atom stereocenters. The quantitative estimate of drug-likeness (QED) is 0.680. The van der Waals surface area contributed by atoms with Crippen molar-refractivity contribution < 1.29 is 18.3 Å². The first kappa shape index (κ1) is 17.2. The highest BCUT2D eigenvalue weighted by Crippen LogP contribution is 2.29. The summed E-state index contributed by atoms with van der Waals surface area (Å²) >= 11 is 5.85. The van der Waals surface area contributed by atoms with Crippen molar-refractivity contribution in [3.05, 3.63) is 53.3 Å². The summed E-state index contributed by atoms with van der Waals surface area (Å²) in [6.07, 6.45) is 0.660. The molecule has 0 bridgehead atoms. The third kappa shape index (κ3) is 4.45. The van der Waals surface area contributed by atoms with Crippen molar-refractivity contribution in [2.75, 3.05) is 5.32 Å². The van der Waals surface area contributed by atoms with E-state index in [1.165, 1.54) is 18.2 Å². The number of aromatic amines is 1. The molecular weight excluding hydrogens is 352 g/mol. The van der Waals surface area contributed by atoms with Gasteiger partial charge in [-0.3, -0.25) is 4.79 Å². The van der Waals surface area contributed by atoms with E-state index in [1.54, 1.807) is 0 Å². The summed E-state index contributed by atoms with van der Waals surface area (Å²) < 4.78 is 28.6. The van der Waals surface area contributed by atoms with Crippen LogP contribution >= 0.6 is 11.6 Å². The number of hydrogen-bond acceptors (Lipinski definition) is 3. The van der Waals surface area contributed by atoms with E-state index in [-0.39, 0.29) is 23.1 Å². The van der Waals surface area contributed by atoms with Gasteiger partial charge in [0.25, 0.3) is 0 Å². The molecule has 1 heterocycles. The fourth-order valence-corrected chi connectivity index (χ4v) is 2.57. The minimum Gasteiger partial charge on any atom is -0.433 e. The van der Waals surface area contributed by atoms with Crippen LogP contribution in [0, 0.1) is 0 Å². The molecule has 1 aromatic heterocycles. The normalized spacial score (nSPS) is 11.0. The van der Waals surface area contributed by atoms with Gasteiger partial charge in [-0.1, -0.05) is 23.7 Å². The van der Waals surface area contributed by atoms with Crippen LogP contribution in [-0.4, -0.2) is 22.5 Å². The molecule has 0 saturated carbocycles. The number of ether oxygens (including phenoxy) is 1. The van der Waals surface area contributed by atoms with Gasteiger partial charge in [-0.25, -0.2) is 4.98 Å². The van der Waals surface area contributed by atoms with Gasteiger partial charge in [0.2, 0.25) is 5.91 Å². The van der Waals surface area contributed by atoms with Crippen molar-refractivity contribution in [3.63, 3.8) is 0 Å². The van der Waals surface area contributed by atoms with Crippen molar-refractivity contribution >= 4 is 34.2 Å². The predicted molar refractivity (Wildman–Crippen MR) is 91.1 cm³/mol. The topological polar surface area (TPSA) is 67.0 Å². The standard InChI is InChI=1S/C17H14ClF2N3O2/c18-11-9-10(5-6-14(11)25-17(19)20)21-16(24)8-7-15-22-12-3-1-2-4-13(12)23-15/h1-6,9,17H,7-8H2,(H,21,24)(H,22,23). The van der Waals surface area contributed by atoms with E-state index in [4.69, 9.17) is 11.6 Å². The Bertz CT molecular complexity index is 865. The molecule has 0 atom stereocenters. The van der Waals surface area contributed by atoms with Crippen LogP contribution in [0.4, 0.5) is 14.5 Å². The fourth-order valence-electron chi connectivity index (χ4n) is 2.35. The molecule has 2 aromatic carbocycles. The van der Waals surface area contributed by atoms with E-state index in [0.717, 1.165) is 16.9 Å². The first-order valence-corrected chi connectivity index (χ1v) is 7.87. The lowest BCUT2D eigenvalue weighted by Gasteiger charge is -2.09. The number of benzene rings is 2. The Labute approximate surface area is 147 Å². The largest absolute Gasteiger partial charge is 0.433 e. The number of anilines is 1. The molecule has 3 rings (SSSR count). The highest BCUT2D eigenvalue weighted by atomic mass is 35.5. The third-order valence-electron chi connectivity index (χ3n) is 3.46. The Kier molecular flexibility index (Phi) is 5.14. The summed E-state index contributed by atoms with van der Waals surface area (Å²) in [4.78, 5) is 19.6. The number of nitrogens with zero attached hydrogens (tertiary/aromatic N) is 1. The second kappa shape index (κ2) is 7.48. The van der Waals surface area contributed by atoms with E-state index in [0.29, 0.717) is 12.1 Å². The first-order valence-electron chi connectivity index (χ1n) is 7.49. The van der Waals surface area contributed by atoms with Gasteiger partial charge in [-0.05, 0) is 30.3 Å². The third-order valence-corrected chi connectivity index (χ3v) is 3.75. The number of carbonyl (C=O) groups excluding carboxylic acids is 1. The van der Waals surface area contributed by atoms with Gasteiger partial charge in [0.15, 0.2) is 0 Å². The van der Waals surface area contributed by atoms with Crippen molar-refractivity contribution in [2.24, 2.45) is 0 Å². The number of H-pyrrole nitrogens is 1. The maximum Gasteiger partial charge on any atom is 0.387 e. The number of imidazole rings is 1. The second-order valence-electron chi connectivity index (χ2n) is 5.27. The van der Waals surface area contributed by atoms with Gasteiger partial charge in [0.1, 0.15) is 11.6 Å². The number of alkyl halides is 2. The number of hydrogen-bond donors (Lipinski definition) is 2. The molecule has 5 nitrogen and oxygen atoms in total. The summed E-state index contributed by atoms with van der Waals surface area (Å²) in [5, 5.41) is 2.65. The van der Waals surface area contributed by atoms with Crippen molar-refractivity contribution in [2.45, 2.75) is 19.5 Å². The highest BCUT2D eigenvalue weighted by molar-refractivity contribution is 6.32. The Hall–Kier alpha value is -2.67. The fraction of sp³-hybridized carbons (Fsp3) is 0.176. The molecule has 0 spiro atoms. The van der Waals surface area contributed by atoms with Gasteiger partial charge >= 0.3 is 6.61 Å². The van der Waals surface area contributed by atoms with Gasteiger partial charge in [0.05, 0.1) is 16.1 Å². The molecule has 0 aliphatic heterocycles. The molecule has 8 heteroatoms. The minimum atomic E-state index is -2.96. The van der Waals surface area contributed by atoms with Gasteiger partial charge in [-0.2, -0.15) is 8.78 Å². The zero-order valence-electron chi connectivity index (χ0n) is 12.9. The lowest BCUT2D eigenvalue weighted by Crippen LogP contribution is -2.13. The molecule has 0 radical (unpaired) electrons. The maximum absolute atomic E-state index is 12.2. The number of nitrogens with one attached hydrogen (secondary N) is 2. The van der Waals surface area contributed by atoms with Crippen molar-refractivity contribution in [1.82, 2.24) is 9.97 Å². The molecule has 25 heavy (non-hydrogen) atoms. The molecule has 3 aromatic rings. The van der Waals surface area contributed by atoms with E-state index in [1.807, 2.05) is 24.3 Å². The molecule has 0 saturated heterocycles. The van der Waals surface area contributed by atoms with Crippen LogP contribution in [0.15, 0.2) is 42.5 Å². The Morgan fingerprint density at radius 3 is 2.80 bits per heavy atom. The molecule has 0 aliphatic rings.